The molecular formula is C41H32O2. The predicted molar refractivity (Wildman–Crippen MR) is 181 cm³/mol. The molecule has 0 unspecified atom stereocenters. The van der Waals surface area contributed by atoms with Crippen LogP contribution in [0.15, 0.2) is 146 Å². The average molecular weight is 557 g/mol. The highest BCUT2D eigenvalue weighted by molar-refractivity contribution is 5.74. The third-order valence-corrected chi connectivity index (χ3v) is 7.56. The van der Waals surface area contributed by atoms with Crippen molar-refractivity contribution in [1.29, 1.82) is 0 Å². The lowest BCUT2D eigenvalue weighted by atomic mass is 9.95. The van der Waals surface area contributed by atoms with Crippen LogP contribution >= 0.6 is 0 Å². The van der Waals surface area contributed by atoms with Crippen molar-refractivity contribution in [3.05, 3.63) is 179 Å². The first-order valence-corrected chi connectivity index (χ1v) is 14.4. The van der Waals surface area contributed by atoms with Crippen molar-refractivity contribution in [2.75, 3.05) is 0 Å². The van der Waals surface area contributed by atoms with E-state index in [0.717, 1.165) is 55.6 Å². The van der Waals surface area contributed by atoms with Gasteiger partial charge in [0.15, 0.2) is 0 Å². The fourth-order valence-electron chi connectivity index (χ4n) is 5.11. The smallest absolute Gasteiger partial charge is 0.119 e. The Hall–Kier alpha value is -5.60. The molecule has 2 N–H and O–H groups in total. The minimum absolute atomic E-state index is 0.213. The summed E-state index contributed by atoms with van der Waals surface area (Å²) in [6.45, 7) is 0. The van der Waals surface area contributed by atoms with E-state index in [2.05, 4.69) is 97.1 Å². The van der Waals surface area contributed by atoms with Gasteiger partial charge in [-0.3, -0.25) is 0 Å². The minimum atomic E-state index is 0.213. The largest absolute Gasteiger partial charge is 0.508 e. The molecule has 0 amide bonds. The molecule has 0 saturated heterocycles. The summed E-state index contributed by atoms with van der Waals surface area (Å²) in [6, 6.07) is 48.6. The molecule has 0 aliphatic carbocycles. The lowest BCUT2D eigenvalue weighted by Gasteiger charge is -2.12. The SMILES string of the molecule is Oc1ccc(-c2ccc(/C=C/c3ccccc3)cc2)cc1Cc1cc(-c2ccc(/C=C/c3ccccc3)cc2)ccc1O. The van der Waals surface area contributed by atoms with E-state index in [1.165, 1.54) is 0 Å². The summed E-state index contributed by atoms with van der Waals surface area (Å²) in [6.07, 6.45) is 8.82. The highest BCUT2D eigenvalue weighted by Crippen LogP contribution is 2.32. The van der Waals surface area contributed by atoms with Gasteiger partial charge in [-0.2, -0.15) is 0 Å². The van der Waals surface area contributed by atoms with E-state index in [0.29, 0.717) is 6.42 Å². The van der Waals surface area contributed by atoms with Crippen LogP contribution in [-0.2, 0) is 6.42 Å². The van der Waals surface area contributed by atoms with Crippen LogP contribution in [0, 0.1) is 0 Å². The average Bonchev–Trinajstić information content (AvgIpc) is 3.06. The number of phenols is 2. The summed E-state index contributed by atoms with van der Waals surface area (Å²) in [5.41, 5.74) is 10.3. The fourth-order valence-corrected chi connectivity index (χ4v) is 5.11. The standard InChI is InChI=1S/C41H32O2/c42-40-25-23-36(34-19-15-32(16-20-34)13-11-30-7-3-1-4-8-30)27-38(40)29-39-28-37(24-26-41(39)43)35-21-17-33(18-22-35)14-12-31-9-5-2-6-10-31/h1-28,42-43H,29H2/b13-11+,14-12+. The third kappa shape index (κ3) is 7.01. The van der Waals surface area contributed by atoms with E-state index in [-0.39, 0.29) is 11.5 Å². The summed E-state index contributed by atoms with van der Waals surface area (Å²) < 4.78 is 0. The van der Waals surface area contributed by atoms with Gasteiger partial charge in [-0.05, 0) is 79.9 Å². The Balaban J connectivity index is 1.18. The first-order chi connectivity index (χ1) is 21.1. The van der Waals surface area contributed by atoms with Crippen LogP contribution in [0.5, 0.6) is 11.5 Å². The second kappa shape index (κ2) is 12.9. The van der Waals surface area contributed by atoms with Crippen molar-refractivity contribution in [3.63, 3.8) is 0 Å². The Morgan fingerprint density at radius 1 is 0.349 bits per heavy atom. The van der Waals surface area contributed by atoms with Crippen LogP contribution in [-0.4, -0.2) is 10.2 Å². The highest BCUT2D eigenvalue weighted by Gasteiger charge is 2.11. The lowest BCUT2D eigenvalue weighted by molar-refractivity contribution is 0.463. The minimum Gasteiger partial charge on any atom is -0.508 e. The molecule has 0 aromatic heterocycles. The zero-order valence-corrected chi connectivity index (χ0v) is 23.8. The molecule has 6 aromatic rings. The van der Waals surface area contributed by atoms with E-state index >= 15 is 0 Å². The number of phenolic OH excluding ortho intramolecular Hbond substituents is 2. The van der Waals surface area contributed by atoms with Gasteiger partial charge in [0.25, 0.3) is 0 Å². The zero-order valence-electron chi connectivity index (χ0n) is 23.8. The number of benzene rings is 6. The van der Waals surface area contributed by atoms with E-state index in [1.807, 2.05) is 60.7 Å². The van der Waals surface area contributed by atoms with Crippen LogP contribution in [0.25, 0.3) is 46.6 Å². The summed E-state index contributed by atoms with van der Waals surface area (Å²) in [4.78, 5) is 0. The van der Waals surface area contributed by atoms with Crippen molar-refractivity contribution in [3.8, 4) is 33.8 Å². The topological polar surface area (TPSA) is 40.5 Å². The van der Waals surface area contributed by atoms with Gasteiger partial charge in [-0.25, -0.2) is 0 Å². The molecule has 208 valence electrons. The van der Waals surface area contributed by atoms with E-state index in [9.17, 15) is 10.2 Å². The molecule has 0 fully saturated rings. The van der Waals surface area contributed by atoms with Gasteiger partial charge in [-0.15, -0.1) is 0 Å². The van der Waals surface area contributed by atoms with Gasteiger partial charge in [0.1, 0.15) is 11.5 Å². The number of hydrogen-bond donors (Lipinski definition) is 2. The molecular weight excluding hydrogens is 524 g/mol. The van der Waals surface area contributed by atoms with E-state index in [1.54, 1.807) is 12.1 Å². The Bertz CT molecular complexity index is 1730. The molecule has 0 heterocycles. The van der Waals surface area contributed by atoms with Crippen LogP contribution < -0.4 is 0 Å². The maximum atomic E-state index is 10.7. The summed E-state index contributed by atoms with van der Waals surface area (Å²) in [5, 5.41) is 21.4. The maximum Gasteiger partial charge on any atom is 0.119 e. The normalized spacial score (nSPS) is 11.3. The summed E-state index contributed by atoms with van der Waals surface area (Å²) in [5.74, 6) is 0.427. The molecule has 0 atom stereocenters. The molecule has 6 rings (SSSR count). The Morgan fingerprint density at radius 2 is 0.674 bits per heavy atom. The second-order valence-corrected chi connectivity index (χ2v) is 10.6. The van der Waals surface area contributed by atoms with Gasteiger partial charge in [0.05, 0.1) is 0 Å². The molecule has 0 aliphatic heterocycles. The molecule has 43 heavy (non-hydrogen) atoms. The van der Waals surface area contributed by atoms with Crippen molar-refractivity contribution in [2.45, 2.75) is 6.42 Å². The lowest BCUT2D eigenvalue weighted by Crippen LogP contribution is -1.92. The second-order valence-electron chi connectivity index (χ2n) is 10.6. The Labute approximate surface area is 253 Å². The first kappa shape index (κ1) is 27.6. The number of hydrogen-bond acceptors (Lipinski definition) is 2. The van der Waals surface area contributed by atoms with Gasteiger partial charge >= 0.3 is 0 Å². The highest BCUT2D eigenvalue weighted by atomic mass is 16.3. The van der Waals surface area contributed by atoms with E-state index in [4.69, 9.17) is 0 Å². The Kier molecular flexibility index (Phi) is 8.29. The van der Waals surface area contributed by atoms with Crippen LogP contribution in [0.2, 0.25) is 0 Å². The first-order valence-electron chi connectivity index (χ1n) is 14.4. The van der Waals surface area contributed by atoms with Gasteiger partial charge in [0.2, 0.25) is 0 Å². The number of aromatic hydroxyl groups is 2. The molecule has 0 radical (unpaired) electrons. The van der Waals surface area contributed by atoms with Crippen LogP contribution in [0.3, 0.4) is 0 Å². The molecule has 0 spiro atoms. The van der Waals surface area contributed by atoms with Crippen molar-refractivity contribution >= 4 is 24.3 Å². The van der Waals surface area contributed by atoms with Gasteiger partial charge < -0.3 is 10.2 Å². The number of rotatable bonds is 8. The fraction of sp³-hybridized carbons (Fsp3) is 0.0244. The van der Waals surface area contributed by atoms with Gasteiger partial charge in [-0.1, -0.05) is 146 Å². The Morgan fingerprint density at radius 3 is 1.05 bits per heavy atom. The molecule has 2 nitrogen and oxygen atoms in total. The van der Waals surface area contributed by atoms with Gasteiger partial charge in [0, 0.05) is 6.42 Å². The molecule has 0 aliphatic rings. The van der Waals surface area contributed by atoms with Crippen LogP contribution in [0.4, 0.5) is 0 Å². The third-order valence-electron chi connectivity index (χ3n) is 7.56. The van der Waals surface area contributed by atoms with Crippen LogP contribution in [0.1, 0.15) is 33.4 Å². The predicted octanol–water partition coefficient (Wildman–Crippen LogP) is 10.4. The molecule has 2 heteroatoms. The van der Waals surface area contributed by atoms with E-state index < -0.39 is 0 Å². The van der Waals surface area contributed by atoms with Crippen molar-refractivity contribution in [2.24, 2.45) is 0 Å². The molecule has 0 bridgehead atoms. The monoisotopic (exact) mass is 556 g/mol. The summed E-state index contributed by atoms with van der Waals surface area (Å²) >= 11 is 0. The molecule has 0 saturated carbocycles. The summed E-state index contributed by atoms with van der Waals surface area (Å²) in [7, 11) is 0. The van der Waals surface area contributed by atoms with Crippen molar-refractivity contribution < 1.29 is 10.2 Å². The zero-order chi connectivity index (χ0) is 29.4. The quantitative estimate of drug-likeness (QED) is 0.183. The maximum absolute atomic E-state index is 10.7. The van der Waals surface area contributed by atoms with Crippen molar-refractivity contribution in [1.82, 2.24) is 0 Å². The molecule has 6 aromatic carbocycles.